The van der Waals surface area contributed by atoms with Crippen molar-refractivity contribution in [1.82, 2.24) is 4.98 Å². The molecule has 0 bridgehead atoms. The van der Waals surface area contributed by atoms with Crippen LogP contribution in [-0.4, -0.2) is 30.5 Å². The summed E-state index contributed by atoms with van der Waals surface area (Å²) in [4.78, 5) is 27.7. The van der Waals surface area contributed by atoms with Crippen LogP contribution in [0.3, 0.4) is 0 Å². The quantitative estimate of drug-likeness (QED) is 0.526. The lowest BCUT2D eigenvalue weighted by Gasteiger charge is -2.14. The molecule has 0 fully saturated rings. The third-order valence-electron chi connectivity index (χ3n) is 4.07. The normalized spacial score (nSPS) is 10.3. The lowest BCUT2D eigenvalue weighted by molar-refractivity contribution is -0.119. The number of nitrogens with one attached hydrogen (secondary N) is 1. The molecule has 2 aromatic carbocycles. The van der Waals surface area contributed by atoms with E-state index in [0.29, 0.717) is 18.0 Å². The molecule has 0 unspecified atom stereocenters. The summed E-state index contributed by atoms with van der Waals surface area (Å²) in [7, 11) is 1.40. The van der Waals surface area contributed by atoms with Gasteiger partial charge in [0.2, 0.25) is 0 Å². The van der Waals surface area contributed by atoms with Gasteiger partial charge in [-0.15, -0.1) is 0 Å². The van der Waals surface area contributed by atoms with Crippen molar-refractivity contribution >= 4 is 29.1 Å². The summed E-state index contributed by atoms with van der Waals surface area (Å²) in [6, 6.07) is 13.6. The van der Waals surface area contributed by atoms with Crippen LogP contribution in [0.25, 0.3) is 0 Å². The van der Waals surface area contributed by atoms with Gasteiger partial charge in [0.05, 0.1) is 12.1 Å². The van der Waals surface area contributed by atoms with E-state index in [4.69, 9.17) is 31.5 Å². The smallest absolute Gasteiger partial charge is 0.255 e. The molecule has 0 saturated carbocycles. The molecule has 2 amide bonds. The molecule has 0 aliphatic carbocycles. The molecule has 3 N–H and O–H groups in total. The van der Waals surface area contributed by atoms with Gasteiger partial charge in [-0.05, 0) is 30.3 Å². The molecule has 0 radical (unpaired) electrons. The molecule has 1 aromatic heterocycles. The first-order valence-corrected chi connectivity index (χ1v) is 9.56. The topological polar surface area (TPSA) is 113 Å². The summed E-state index contributed by atoms with van der Waals surface area (Å²) in [6.45, 7) is -0.0156. The molecule has 3 rings (SSSR count). The van der Waals surface area contributed by atoms with E-state index in [0.717, 1.165) is 5.56 Å². The molecule has 8 nitrogen and oxygen atoms in total. The Labute approximate surface area is 183 Å². The number of hydrogen-bond donors (Lipinski definition) is 2. The van der Waals surface area contributed by atoms with Crippen LogP contribution in [0, 0.1) is 0 Å². The maximum Gasteiger partial charge on any atom is 0.255 e. The van der Waals surface area contributed by atoms with Crippen molar-refractivity contribution in [2.24, 2.45) is 5.73 Å². The number of hydrogen-bond acceptors (Lipinski definition) is 6. The lowest BCUT2D eigenvalue weighted by Crippen LogP contribution is -2.20. The fourth-order valence-corrected chi connectivity index (χ4v) is 2.92. The van der Waals surface area contributed by atoms with Crippen molar-refractivity contribution in [3.63, 3.8) is 0 Å². The first-order chi connectivity index (χ1) is 15.0. The molecule has 0 saturated heterocycles. The number of nitrogens with two attached hydrogens (primary N) is 1. The Balaban J connectivity index is 1.71. The van der Waals surface area contributed by atoms with Crippen LogP contribution >= 0.6 is 11.6 Å². The Morgan fingerprint density at radius 3 is 2.68 bits per heavy atom. The van der Waals surface area contributed by atoms with Crippen molar-refractivity contribution in [1.29, 1.82) is 0 Å². The molecule has 9 heteroatoms. The minimum atomic E-state index is -0.662. The van der Waals surface area contributed by atoms with Crippen molar-refractivity contribution in [3.8, 4) is 17.2 Å². The maximum absolute atomic E-state index is 12.7. The fraction of sp³-hybridized carbons (Fsp3) is 0.136. The Morgan fingerprint density at radius 2 is 1.97 bits per heavy atom. The molecule has 0 aliphatic rings. The van der Waals surface area contributed by atoms with Crippen LogP contribution in [0.2, 0.25) is 5.02 Å². The average Bonchev–Trinajstić information content (AvgIpc) is 2.77. The Kier molecular flexibility index (Phi) is 7.29. The van der Waals surface area contributed by atoms with Crippen LogP contribution in [0.4, 0.5) is 5.69 Å². The second-order valence-electron chi connectivity index (χ2n) is 6.38. The van der Waals surface area contributed by atoms with Crippen molar-refractivity contribution in [2.45, 2.75) is 6.61 Å². The van der Waals surface area contributed by atoms with Gasteiger partial charge in [0, 0.05) is 35.3 Å². The fourth-order valence-electron chi connectivity index (χ4n) is 2.65. The summed E-state index contributed by atoms with van der Waals surface area (Å²) < 4.78 is 16.2. The first-order valence-electron chi connectivity index (χ1n) is 9.18. The van der Waals surface area contributed by atoms with Crippen LogP contribution in [0.15, 0.2) is 60.9 Å². The van der Waals surface area contributed by atoms with Gasteiger partial charge in [-0.1, -0.05) is 23.7 Å². The number of halogens is 1. The maximum atomic E-state index is 12.7. The number of carbonyl (C=O) groups is 2. The zero-order valence-electron chi connectivity index (χ0n) is 16.6. The van der Waals surface area contributed by atoms with Crippen molar-refractivity contribution in [2.75, 3.05) is 19.0 Å². The number of primary amides is 1. The number of nitrogens with zero attached hydrogens (tertiary/aromatic N) is 1. The van der Waals surface area contributed by atoms with Gasteiger partial charge in [0.15, 0.2) is 18.1 Å². The van der Waals surface area contributed by atoms with Crippen LogP contribution in [-0.2, 0) is 11.4 Å². The highest BCUT2D eigenvalue weighted by atomic mass is 35.5. The van der Waals surface area contributed by atoms with E-state index in [2.05, 4.69) is 10.3 Å². The summed E-state index contributed by atoms with van der Waals surface area (Å²) >= 11 is 6.21. The lowest BCUT2D eigenvalue weighted by atomic mass is 10.1. The van der Waals surface area contributed by atoms with Crippen LogP contribution in [0.5, 0.6) is 17.2 Å². The highest BCUT2D eigenvalue weighted by molar-refractivity contribution is 6.32. The highest BCUT2D eigenvalue weighted by Crippen LogP contribution is 2.36. The largest absolute Gasteiger partial charge is 0.493 e. The number of benzene rings is 2. The standard InChI is InChI=1S/C22H20ClN3O5/c1-29-19-9-15(8-18(23)21(19)31-13-20(24)27)22(28)26-16-5-2-6-17(10-16)30-12-14-4-3-7-25-11-14/h2-11H,12-13H2,1H3,(H2,24,27)(H,26,28). The minimum Gasteiger partial charge on any atom is -0.493 e. The number of amides is 2. The van der Waals surface area contributed by atoms with E-state index >= 15 is 0 Å². The first kappa shape index (κ1) is 21.9. The van der Waals surface area contributed by atoms with Crippen molar-refractivity contribution in [3.05, 3.63) is 77.1 Å². The van der Waals surface area contributed by atoms with Gasteiger partial charge in [-0.2, -0.15) is 0 Å². The van der Waals surface area contributed by atoms with Gasteiger partial charge < -0.3 is 25.3 Å². The Bertz CT molecular complexity index is 1080. The summed E-state index contributed by atoms with van der Waals surface area (Å²) in [5, 5.41) is 2.90. The number of anilines is 1. The average molecular weight is 442 g/mol. The van der Waals surface area contributed by atoms with Crippen molar-refractivity contribution < 1.29 is 23.8 Å². The van der Waals surface area contributed by atoms with Crippen LogP contribution < -0.4 is 25.3 Å². The third kappa shape index (κ3) is 6.10. The molecular weight excluding hydrogens is 422 g/mol. The predicted octanol–water partition coefficient (Wildman–Crippen LogP) is 3.44. The Hall–Kier alpha value is -3.78. The molecule has 3 aromatic rings. The number of rotatable bonds is 9. The van der Waals surface area contributed by atoms with E-state index in [1.165, 1.54) is 19.2 Å². The highest BCUT2D eigenvalue weighted by Gasteiger charge is 2.17. The SMILES string of the molecule is COc1cc(C(=O)Nc2cccc(OCc3cccnc3)c2)cc(Cl)c1OCC(N)=O. The summed E-state index contributed by atoms with van der Waals surface area (Å²) in [6.07, 6.45) is 3.41. The van der Waals surface area contributed by atoms with E-state index < -0.39 is 11.8 Å². The molecule has 31 heavy (non-hydrogen) atoms. The molecule has 1 heterocycles. The van der Waals surface area contributed by atoms with E-state index in [1.54, 1.807) is 36.7 Å². The van der Waals surface area contributed by atoms with Gasteiger partial charge in [-0.3, -0.25) is 14.6 Å². The number of aromatic nitrogens is 1. The van der Waals surface area contributed by atoms with Crippen LogP contribution in [0.1, 0.15) is 15.9 Å². The van der Waals surface area contributed by atoms with Gasteiger partial charge in [0.25, 0.3) is 11.8 Å². The molecule has 0 aliphatic heterocycles. The Morgan fingerprint density at radius 1 is 1.13 bits per heavy atom. The number of carbonyl (C=O) groups excluding carboxylic acids is 2. The predicted molar refractivity (Wildman–Crippen MR) is 116 cm³/mol. The monoisotopic (exact) mass is 441 g/mol. The molecule has 0 atom stereocenters. The number of ether oxygens (including phenoxy) is 3. The molecule has 0 spiro atoms. The minimum absolute atomic E-state index is 0.110. The van der Waals surface area contributed by atoms with E-state index in [-0.39, 0.29) is 28.7 Å². The zero-order valence-corrected chi connectivity index (χ0v) is 17.4. The second kappa shape index (κ2) is 10.3. The van der Waals surface area contributed by atoms with Gasteiger partial charge in [0.1, 0.15) is 12.4 Å². The number of pyridine rings is 1. The van der Waals surface area contributed by atoms with Gasteiger partial charge in [-0.25, -0.2) is 0 Å². The summed E-state index contributed by atoms with van der Waals surface area (Å²) in [5.41, 5.74) is 6.80. The zero-order chi connectivity index (χ0) is 22.2. The number of methoxy groups -OCH3 is 1. The molecular formula is C22H20ClN3O5. The van der Waals surface area contributed by atoms with E-state index in [9.17, 15) is 9.59 Å². The van der Waals surface area contributed by atoms with Gasteiger partial charge >= 0.3 is 0 Å². The summed E-state index contributed by atoms with van der Waals surface area (Å²) in [5.74, 6) is -0.151. The van der Waals surface area contributed by atoms with E-state index in [1.807, 2.05) is 12.1 Å². The third-order valence-corrected chi connectivity index (χ3v) is 4.35. The molecule has 160 valence electrons. The second-order valence-corrected chi connectivity index (χ2v) is 6.78.